The van der Waals surface area contributed by atoms with E-state index in [0.29, 0.717) is 13.0 Å². The number of amides is 1. The summed E-state index contributed by atoms with van der Waals surface area (Å²) in [6.07, 6.45) is -3.86. The highest BCUT2D eigenvalue weighted by atomic mass is 19.4. The van der Waals surface area contributed by atoms with Gasteiger partial charge >= 0.3 is 6.18 Å². The molecule has 3 rings (SSSR count). The Morgan fingerprint density at radius 2 is 1.89 bits per heavy atom. The van der Waals surface area contributed by atoms with Gasteiger partial charge in [-0.1, -0.05) is 29.4 Å². The zero-order chi connectivity index (χ0) is 20.1. The van der Waals surface area contributed by atoms with Crippen LogP contribution in [0.3, 0.4) is 0 Å². The number of benzene rings is 2. The third kappa shape index (κ3) is 4.70. The minimum absolute atomic E-state index is 0.00198. The molecule has 0 radical (unpaired) electrons. The normalized spacial score (nSPS) is 11.3. The van der Waals surface area contributed by atoms with Gasteiger partial charge in [0, 0.05) is 18.2 Å². The standard InChI is InChI=1S/C20H17F3N2O3/c1-27-16-7-5-13(6-8-16)9-10-24-19(26)17-12-18(28-25-17)14-3-2-4-15(11-14)20(21,22)23/h2-8,11-12H,9-10H2,1H3,(H,24,26). The highest BCUT2D eigenvalue weighted by Gasteiger charge is 2.30. The van der Waals surface area contributed by atoms with Crippen molar-refractivity contribution in [2.24, 2.45) is 0 Å². The summed E-state index contributed by atoms with van der Waals surface area (Å²) < 4.78 is 48.6. The van der Waals surface area contributed by atoms with Crippen molar-refractivity contribution in [1.82, 2.24) is 10.5 Å². The molecule has 28 heavy (non-hydrogen) atoms. The van der Waals surface area contributed by atoms with Crippen LogP contribution in [0.5, 0.6) is 5.75 Å². The topological polar surface area (TPSA) is 64.4 Å². The second-order valence-electron chi connectivity index (χ2n) is 6.01. The van der Waals surface area contributed by atoms with Crippen molar-refractivity contribution in [2.75, 3.05) is 13.7 Å². The average Bonchev–Trinajstić information content (AvgIpc) is 3.18. The van der Waals surface area contributed by atoms with E-state index >= 15 is 0 Å². The molecule has 0 saturated carbocycles. The Kier molecular flexibility index (Phi) is 5.67. The molecule has 3 aromatic rings. The van der Waals surface area contributed by atoms with Crippen LogP contribution < -0.4 is 10.1 Å². The second kappa shape index (κ2) is 8.16. The molecule has 0 saturated heterocycles. The van der Waals surface area contributed by atoms with Gasteiger partial charge < -0.3 is 14.6 Å². The Morgan fingerprint density at radius 1 is 1.14 bits per heavy atom. The fraction of sp³-hybridized carbons (Fsp3) is 0.200. The number of methoxy groups -OCH3 is 1. The highest BCUT2D eigenvalue weighted by Crippen LogP contribution is 2.32. The van der Waals surface area contributed by atoms with Crippen molar-refractivity contribution < 1.29 is 27.2 Å². The predicted octanol–water partition coefficient (Wildman–Crippen LogP) is 4.34. The monoisotopic (exact) mass is 390 g/mol. The molecule has 0 aliphatic rings. The number of nitrogens with zero attached hydrogens (tertiary/aromatic N) is 1. The Labute approximate surface area is 159 Å². The van der Waals surface area contributed by atoms with Crippen molar-refractivity contribution in [3.8, 4) is 17.1 Å². The van der Waals surface area contributed by atoms with Crippen LogP contribution in [0.25, 0.3) is 11.3 Å². The van der Waals surface area contributed by atoms with Gasteiger partial charge in [0.25, 0.3) is 5.91 Å². The molecule has 0 fully saturated rings. The van der Waals surface area contributed by atoms with Gasteiger partial charge in [0.2, 0.25) is 0 Å². The molecule has 1 amide bonds. The van der Waals surface area contributed by atoms with Crippen molar-refractivity contribution in [3.63, 3.8) is 0 Å². The molecule has 0 atom stereocenters. The Hall–Kier alpha value is -3.29. The molecule has 1 N–H and O–H groups in total. The molecule has 1 aromatic heterocycles. The maximum absolute atomic E-state index is 12.8. The number of hydrogen-bond donors (Lipinski definition) is 1. The molecule has 0 spiro atoms. The van der Waals surface area contributed by atoms with Crippen molar-refractivity contribution in [2.45, 2.75) is 12.6 Å². The molecule has 2 aromatic carbocycles. The molecule has 5 nitrogen and oxygen atoms in total. The number of alkyl halides is 3. The van der Waals surface area contributed by atoms with Gasteiger partial charge in [-0.05, 0) is 36.2 Å². The van der Waals surface area contributed by atoms with E-state index in [1.54, 1.807) is 7.11 Å². The molecular weight excluding hydrogens is 373 g/mol. The van der Waals surface area contributed by atoms with Gasteiger partial charge in [-0.25, -0.2) is 0 Å². The van der Waals surface area contributed by atoms with Crippen LogP contribution in [0, 0.1) is 0 Å². The number of aromatic nitrogens is 1. The van der Waals surface area contributed by atoms with Gasteiger partial charge in [0.05, 0.1) is 12.7 Å². The Balaban J connectivity index is 1.61. The Bertz CT molecular complexity index is 950. The number of carbonyl (C=O) groups is 1. The summed E-state index contributed by atoms with van der Waals surface area (Å²) in [5.74, 6) is 0.374. The first-order chi connectivity index (χ1) is 13.4. The summed E-state index contributed by atoms with van der Waals surface area (Å²) in [7, 11) is 1.58. The van der Waals surface area contributed by atoms with Gasteiger partial charge in [-0.15, -0.1) is 0 Å². The van der Waals surface area contributed by atoms with E-state index in [-0.39, 0.29) is 17.0 Å². The first-order valence-electron chi connectivity index (χ1n) is 8.42. The first-order valence-corrected chi connectivity index (χ1v) is 8.42. The molecular formula is C20H17F3N2O3. The third-order valence-electron chi connectivity index (χ3n) is 4.08. The van der Waals surface area contributed by atoms with Crippen LogP contribution in [0.4, 0.5) is 13.2 Å². The van der Waals surface area contributed by atoms with Gasteiger partial charge in [-0.2, -0.15) is 13.2 Å². The van der Waals surface area contributed by atoms with Gasteiger partial charge in [0.1, 0.15) is 5.75 Å². The zero-order valence-corrected chi connectivity index (χ0v) is 14.9. The minimum Gasteiger partial charge on any atom is -0.497 e. The predicted molar refractivity (Wildman–Crippen MR) is 96.0 cm³/mol. The van der Waals surface area contributed by atoms with E-state index in [9.17, 15) is 18.0 Å². The van der Waals surface area contributed by atoms with Gasteiger partial charge in [0.15, 0.2) is 11.5 Å². The highest BCUT2D eigenvalue weighted by molar-refractivity contribution is 5.93. The van der Waals surface area contributed by atoms with Crippen LogP contribution in [0.1, 0.15) is 21.6 Å². The summed E-state index contributed by atoms with van der Waals surface area (Å²) in [5, 5.41) is 6.35. The van der Waals surface area contributed by atoms with Crippen molar-refractivity contribution in [3.05, 3.63) is 71.4 Å². The summed E-state index contributed by atoms with van der Waals surface area (Å²) >= 11 is 0. The lowest BCUT2D eigenvalue weighted by Crippen LogP contribution is -2.25. The van der Waals surface area contributed by atoms with Crippen LogP contribution in [-0.2, 0) is 12.6 Å². The summed E-state index contributed by atoms with van der Waals surface area (Å²) in [4.78, 5) is 12.2. The van der Waals surface area contributed by atoms with Crippen LogP contribution in [-0.4, -0.2) is 24.7 Å². The fourth-order valence-electron chi connectivity index (χ4n) is 2.57. The summed E-state index contributed by atoms with van der Waals surface area (Å²) in [5.41, 5.74) is 0.416. The molecule has 146 valence electrons. The molecule has 0 aliphatic carbocycles. The maximum atomic E-state index is 12.8. The zero-order valence-electron chi connectivity index (χ0n) is 14.9. The second-order valence-corrected chi connectivity index (χ2v) is 6.01. The summed E-state index contributed by atoms with van der Waals surface area (Å²) in [6, 6.07) is 13.4. The van der Waals surface area contributed by atoms with E-state index in [1.807, 2.05) is 24.3 Å². The van der Waals surface area contributed by atoms with E-state index < -0.39 is 17.6 Å². The molecule has 0 bridgehead atoms. The lowest BCUT2D eigenvalue weighted by atomic mass is 10.1. The van der Waals surface area contributed by atoms with Crippen LogP contribution >= 0.6 is 0 Å². The van der Waals surface area contributed by atoms with Crippen LogP contribution in [0.15, 0.2) is 59.1 Å². The maximum Gasteiger partial charge on any atom is 0.416 e. The van der Waals surface area contributed by atoms with Crippen molar-refractivity contribution >= 4 is 5.91 Å². The van der Waals surface area contributed by atoms with Crippen LogP contribution in [0.2, 0.25) is 0 Å². The number of halogens is 3. The van der Waals surface area contributed by atoms with E-state index in [2.05, 4.69) is 10.5 Å². The van der Waals surface area contributed by atoms with Crippen molar-refractivity contribution in [1.29, 1.82) is 0 Å². The average molecular weight is 390 g/mol. The van der Waals surface area contributed by atoms with Gasteiger partial charge in [-0.3, -0.25) is 4.79 Å². The van der Waals surface area contributed by atoms with E-state index in [4.69, 9.17) is 9.26 Å². The third-order valence-corrected chi connectivity index (χ3v) is 4.08. The number of hydrogen-bond acceptors (Lipinski definition) is 4. The molecule has 8 heteroatoms. The fourth-order valence-corrected chi connectivity index (χ4v) is 2.57. The Morgan fingerprint density at radius 3 is 2.57 bits per heavy atom. The number of ether oxygens (including phenoxy) is 1. The molecule has 1 heterocycles. The smallest absolute Gasteiger partial charge is 0.416 e. The number of carbonyl (C=O) groups excluding carboxylic acids is 1. The first kappa shape index (κ1) is 19.5. The molecule has 0 unspecified atom stereocenters. The van der Waals surface area contributed by atoms with E-state index in [1.165, 1.54) is 18.2 Å². The molecule has 0 aliphatic heterocycles. The quantitative estimate of drug-likeness (QED) is 0.680. The summed E-state index contributed by atoms with van der Waals surface area (Å²) in [6.45, 7) is 0.372. The minimum atomic E-state index is -4.46. The number of rotatable bonds is 6. The SMILES string of the molecule is COc1ccc(CCNC(=O)c2cc(-c3cccc(C(F)(F)F)c3)on2)cc1. The lowest BCUT2D eigenvalue weighted by Gasteiger charge is -2.06. The lowest BCUT2D eigenvalue weighted by molar-refractivity contribution is -0.137. The number of nitrogens with one attached hydrogen (secondary N) is 1. The van der Waals surface area contributed by atoms with E-state index in [0.717, 1.165) is 23.4 Å². The largest absolute Gasteiger partial charge is 0.497 e.